The van der Waals surface area contributed by atoms with E-state index in [1.807, 2.05) is 0 Å². The molecule has 1 aliphatic rings. The maximum atomic E-state index is 10.5. The first-order valence-electron chi connectivity index (χ1n) is 13.0. The zero-order valence-corrected chi connectivity index (χ0v) is 20.7. The molecule has 180 valence electrons. The van der Waals surface area contributed by atoms with Gasteiger partial charge in [0.05, 0.1) is 6.10 Å². The summed E-state index contributed by atoms with van der Waals surface area (Å²) in [5.41, 5.74) is 0.351. The first-order valence-corrected chi connectivity index (χ1v) is 13.0. The number of hydrogen-bond acceptors (Lipinski definition) is 2. The van der Waals surface area contributed by atoms with Gasteiger partial charge in [-0.3, -0.25) is 4.79 Å². The van der Waals surface area contributed by atoms with Crippen LogP contribution in [0.1, 0.15) is 124 Å². The third kappa shape index (κ3) is 13.8. The smallest absolute Gasteiger partial charge is 0.303 e. The van der Waals surface area contributed by atoms with Crippen LogP contribution >= 0.6 is 0 Å². The summed E-state index contributed by atoms with van der Waals surface area (Å²) in [5.74, 6) is 0.427. The number of carbonyl (C=O) groups is 1. The number of carboxylic acids is 1. The maximum Gasteiger partial charge on any atom is 0.303 e. The second-order valence-electron chi connectivity index (χ2n) is 10.5. The van der Waals surface area contributed by atoms with Crippen LogP contribution < -0.4 is 0 Å². The van der Waals surface area contributed by atoms with Crippen molar-refractivity contribution in [1.29, 1.82) is 0 Å². The van der Waals surface area contributed by atoms with E-state index in [2.05, 4.69) is 45.1 Å². The highest BCUT2D eigenvalue weighted by molar-refractivity contribution is 5.66. The van der Waals surface area contributed by atoms with Crippen molar-refractivity contribution in [3.05, 3.63) is 24.3 Å². The van der Waals surface area contributed by atoms with Crippen LogP contribution in [-0.2, 0) is 4.79 Å². The van der Waals surface area contributed by atoms with E-state index in [0.29, 0.717) is 23.7 Å². The van der Waals surface area contributed by atoms with Gasteiger partial charge >= 0.3 is 5.97 Å². The van der Waals surface area contributed by atoms with Crippen LogP contribution in [0, 0.1) is 17.3 Å². The lowest BCUT2D eigenvalue weighted by Crippen LogP contribution is -2.37. The molecule has 3 atom stereocenters. The number of rotatable bonds is 17. The van der Waals surface area contributed by atoms with E-state index in [9.17, 15) is 9.90 Å². The Morgan fingerprint density at radius 3 is 2.10 bits per heavy atom. The van der Waals surface area contributed by atoms with Crippen LogP contribution in [0.15, 0.2) is 24.3 Å². The van der Waals surface area contributed by atoms with Crippen LogP contribution in [0.4, 0.5) is 0 Å². The van der Waals surface area contributed by atoms with Gasteiger partial charge in [0.1, 0.15) is 0 Å². The molecule has 1 saturated carbocycles. The van der Waals surface area contributed by atoms with E-state index in [1.165, 1.54) is 57.8 Å². The van der Waals surface area contributed by atoms with Crippen molar-refractivity contribution in [2.45, 2.75) is 130 Å². The highest BCUT2D eigenvalue weighted by Gasteiger charge is 2.37. The number of aliphatic hydroxyl groups is 1. The average molecular weight is 435 g/mol. The predicted octanol–water partition coefficient (Wildman–Crippen LogP) is 8.08. The van der Waals surface area contributed by atoms with Gasteiger partial charge in [-0.05, 0) is 81.5 Å². The summed E-state index contributed by atoms with van der Waals surface area (Å²) < 4.78 is 0. The fraction of sp³-hybridized carbons (Fsp3) is 0.821. The molecule has 0 aromatic heterocycles. The average Bonchev–Trinajstić information content (AvgIpc) is 2.69. The summed E-state index contributed by atoms with van der Waals surface area (Å²) in [5, 5.41) is 19.1. The van der Waals surface area contributed by atoms with Gasteiger partial charge in [0.25, 0.3) is 0 Å². The molecular formula is C28H50O3. The van der Waals surface area contributed by atoms with Gasteiger partial charge in [-0.25, -0.2) is 0 Å². The molecule has 2 N–H and O–H groups in total. The van der Waals surface area contributed by atoms with Gasteiger partial charge in [-0.15, -0.1) is 0 Å². The van der Waals surface area contributed by atoms with E-state index in [4.69, 9.17) is 5.11 Å². The molecule has 0 saturated heterocycles. The van der Waals surface area contributed by atoms with Crippen molar-refractivity contribution in [3.8, 4) is 0 Å². The van der Waals surface area contributed by atoms with E-state index < -0.39 is 5.97 Å². The molecule has 1 fully saturated rings. The SMILES string of the molecule is CC(C)C1CCC(C)(CCCCC/C=C\C/C=C\CCCCCCCC(=O)O)CC1O. The van der Waals surface area contributed by atoms with Gasteiger partial charge < -0.3 is 10.2 Å². The number of hydrogen-bond donors (Lipinski definition) is 2. The summed E-state index contributed by atoms with van der Waals surface area (Å²) in [6.45, 7) is 6.88. The number of aliphatic hydroxyl groups excluding tert-OH is 1. The van der Waals surface area contributed by atoms with Crippen molar-refractivity contribution < 1.29 is 15.0 Å². The highest BCUT2D eigenvalue weighted by atomic mass is 16.4. The topological polar surface area (TPSA) is 57.5 Å². The van der Waals surface area contributed by atoms with E-state index in [-0.39, 0.29) is 6.10 Å². The summed E-state index contributed by atoms with van der Waals surface area (Å²) in [7, 11) is 0. The fourth-order valence-electron chi connectivity index (χ4n) is 5.04. The van der Waals surface area contributed by atoms with E-state index in [0.717, 1.165) is 38.5 Å². The molecule has 0 radical (unpaired) electrons. The van der Waals surface area contributed by atoms with Crippen molar-refractivity contribution in [2.75, 3.05) is 0 Å². The first-order chi connectivity index (χ1) is 14.8. The quantitative estimate of drug-likeness (QED) is 0.180. The molecule has 3 nitrogen and oxygen atoms in total. The van der Waals surface area contributed by atoms with Gasteiger partial charge in [-0.1, -0.05) is 77.2 Å². The Morgan fingerprint density at radius 1 is 0.935 bits per heavy atom. The molecule has 0 spiro atoms. The molecule has 3 unspecified atom stereocenters. The Hall–Kier alpha value is -1.09. The minimum absolute atomic E-state index is 0.0986. The summed E-state index contributed by atoms with van der Waals surface area (Å²) in [6, 6.07) is 0. The summed E-state index contributed by atoms with van der Waals surface area (Å²) in [6.07, 6.45) is 26.7. The normalized spacial score (nSPS) is 24.5. The van der Waals surface area contributed by atoms with Crippen molar-refractivity contribution in [1.82, 2.24) is 0 Å². The van der Waals surface area contributed by atoms with Gasteiger partial charge in [0.2, 0.25) is 0 Å². The maximum absolute atomic E-state index is 10.5. The number of carboxylic acid groups (broad SMARTS) is 1. The van der Waals surface area contributed by atoms with Gasteiger partial charge in [0, 0.05) is 6.42 Å². The molecule has 0 aromatic rings. The highest BCUT2D eigenvalue weighted by Crippen LogP contribution is 2.44. The van der Waals surface area contributed by atoms with Crippen LogP contribution in [0.2, 0.25) is 0 Å². The Bertz CT molecular complexity index is 522. The van der Waals surface area contributed by atoms with E-state index in [1.54, 1.807) is 0 Å². The van der Waals surface area contributed by atoms with Crippen LogP contribution in [-0.4, -0.2) is 22.3 Å². The predicted molar refractivity (Wildman–Crippen MR) is 132 cm³/mol. The minimum Gasteiger partial charge on any atom is -0.481 e. The van der Waals surface area contributed by atoms with Crippen LogP contribution in [0.3, 0.4) is 0 Å². The molecular weight excluding hydrogens is 384 g/mol. The zero-order valence-electron chi connectivity index (χ0n) is 20.7. The molecule has 0 aromatic carbocycles. The molecule has 0 bridgehead atoms. The largest absolute Gasteiger partial charge is 0.481 e. The second kappa shape index (κ2) is 16.5. The summed E-state index contributed by atoms with van der Waals surface area (Å²) >= 11 is 0. The minimum atomic E-state index is -0.676. The molecule has 0 amide bonds. The number of unbranched alkanes of at least 4 members (excludes halogenated alkanes) is 8. The molecule has 3 heteroatoms. The van der Waals surface area contributed by atoms with Gasteiger partial charge in [0.15, 0.2) is 0 Å². The molecule has 1 aliphatic carbocycles. The zero-order chi connectivity index (χ0) is 23.0. The molecule has 1 rings (SSSR count). The Balaban J connectivity index is 1.94. The third-order valence-corrected chi connectivity index (χ3v) is 7.15. The fourth-order valence-corrected chi connectivity index (χ4v) is 5.04. The number of allylic oxidation sites excluding steroid dienone is 4. The monoisotopic (exact) mass is 434 g/mol. The van der Waals surface area contributed by atoms with Crippen molar-refractivity contribution >= 4 is 5.97 Å². The van der Waals surface area contributed by atoms with Crippen LogP contribution in [0.25, 0.3) is 0 Å². The summed E-state index contributed by atoms with van der Waals surface area (Å²) in [4.78, 5) is 10.4. The van der Waals surface area contributed by atoms with Crippen molar-refractivity contribution in [2.24, 2.45) is 17.3 Å². The molecule has 0 heterocycles. The molecule has 31 heavy (non-hydrogen) atoms. The van der Waals surface area contributed by atoms with Crippen molar-refractivity contribution in [3.63, 3.8) is 0 Å². The van der Waals surface area contributed by atoms with Crippen LogP contribution in [0.5, 0.6) is 0 Å². The standard InChI is InChI=1S/C28H50O3/c1-24(2)25-20-22-28(3,23-26(25)29)21-18-16-14-12-10-8-6-4-5-7-9-11-13-15-17-19-27(30)31/h4-5,8,10,24-26,29H,6-7,9,11-23H2,1-3H3,(H,30,31)/b5-4-,10-8-. The third-order valence-electron chi connectivity index (χ3n) is 7.15. The lowest BCUT2D eigenvalue weighted by Gasteiger charge is -2.42. The lowest BCUT2D eigenvalue weighted by atomic mass is 9.65. The second-order valence-corrected chi connectivity index (χ2v) is 10.5. The Kier molecular flexibility index (Phi) is 14.9. The first kappa shape index (κ1) is 27.9. The lowest BCUT2D eigenvalue weighted by molar-refractivity contribution is -0.137. The molecule has 0 aliphatic heterocycles. The number of aliphatic carboxylic acids is 1. The Labute approximate surface area is 192 Å². The van der Waals surface area contributed by atoms with Gasteiger partial charge in [-0.2, -0.15) is 0 Å². The van der Waals surface area contributed by atoms with E-state index >= 15 is 0 Å². The Morgan fingerprint density at radius 2 is 1.52 bits per heavy atom.